The fourth-order valence-corrected chi connectivity index (χ4v) is 12.6. The van der Waals surface area contributed by atoms with Crippen LogP contribution in [0.3, 0.4) is 0 Å². The zero-order chi connectivity index (χ0) is 76.7. The topological polar surface area (TPSA) is 154 Å². The van der Waals surface area contributed by atoms with Crippen LogP contribution in [0.5, 0.6) is 0 Å². The lowest BCUT2D eigenvalue weighted by Crippen LogP contribution is -2.22. The Bertz CT molecular complexity index is 2460. The van der Waals surface area contributed by atoms with E-state index in [0.717, 1.165) is 68.1 Å². The first kappa shape index (κ1) is 97.3. The Hall–Kier alpha value is -3.74. The van der Waals surface area contributed by atoms with Crippen LogP contribution in [0.1, 0.15) is 338 Å². The normalized spacial score (nSPS) is 18.2. The van der Waals surface area contributed by atoms with Crippen molar-refractivity contribution in [2.75, 3.05) is 0 Å². The van der Waals surface area contributed by atoms with Crippen LogP contribution in [0.15, 0.2) is 29.7 Å². The van der Waals surface area contributed by atoms with E-state index in [9.17, 15) is 56.3 Å². The first-order valence-corrected chi connectivity index (χ1v) is 40.0. The number of rotatable bonds is 27. The third-order valence-electron chi connectivity index (χ3n) is 19.8. The predicted molar refractivity (Wildman–Crippen MR) is 410 cm³/mol. The second kappa shape index (κ2) is 50.6. The molecule has 1 aromatic rings. The van der Waals surface area contributed by atoms with Gasteiger partial charge >= 0.3 is 6.18 Å². The van der Waals surface area contributed by atoms with Gasteiger partial charge in [0.25, 0.3) is 0 Å². The van der Waals surface area contributed by atoms with Gasteiger partial charge in [-0.25, -0.2) is 0 Å². The summed E-state index contributed by atoms with van der Waals surface area (Å²) in [6, 6.07) is 3.98. The minimum absolute atomic E-state index is 0.154. The summed E-state index contributed by atoms with van der Waals surface area (Å²) < 4.78 is 34.6. The second-order valence-electron chi connectivity index (χ2n) is 35.0. The van der Waals surface area contributed by atoms with Crippen molar-refractivity contribution in [1.29, 1.82) is 0 Å². The van der Waals surface area contributed by atoms with Gasteiger partial charge < -0.3 is 0 Å². The molecule has 1 aromatic heterocycles. The van der Waals surface area contributed by atoms with E-state index in [-0.39, 0.29) is 76.3 Å². The molecule has 13 heteroatoms. The smallest absolute Gasteiger partial charge is 0.299 e. The Morgan fingerprint density at radius 2 is 0.798 bits per heavy atom. The Kier molecular flexibility index (Phi) is 49.8. The molecular weight excluding hydrogens is 1270 g/mol. The molecule has 3 unspecified atom stereocenters. The average Bonchev–Trinajstić information content (AvgIpc) is 1.68. The maximum absolute atomic E-state index is 11.6. The summed E-state index contributed by atoms with van der Waals surface area (Å²) in [5.74, 6) is 10.2. The molecular formula is C86H149F3O9S. The van der Waals surface area contributed by atoms with Gasteiger partial charge in [-0.15, -0.1) is 11.3 Å². The lowest BCUT2D eigenvalue weighted by molar-refractivity contribution is -0.144. The van der Waals surface area contributed by atoms with Crippen molar-refractivity contribution in [3.8, 4) is 0 Å². The Morgan fingerprint density at radius 1 is 0.424 bits per heavy atom. The fourth-order valence-electron chi connectivity index (χ4n) is 11.9. The number of carbonyl (C=O) groups is 9. The molecule has 0 N–H and O–H groups in total. The minimum Gasteiger partial charge on any atom is -0.299 e. The van der Waals surface area contributed by atoms with Crippen molar-refractivity contribution < 1.29 is 56.3 Å². The molecule has 5 fully saturated rings. The first-order valence-electron chi connectivity index (χ1n) is 39.1. The highest BCUT2D eigenvalue weighted by molar-refractivity contribution is 7.10. The molecule has 6 aliphatic carbocycles. The van der Waals surface area contributed by atoms with E-state index in [1.54, 1.807) is 25.2 Å². The van der Waals surface area contributed by atoms with Crippen molar-refractivity contribution in [2.45, 2.75) is 346 Å². The van der Waals surface area contributed by atoms with E-state index in [2.05, 4.69) is 60.6 Å². The summed E-state index contributed by atoms with van der Waals surface area (Å²) in [6.07, 6.45) is 26.3. The summed E-state index contributed by atoms with van der Waals surface area (Å²) in [4.78, 5) is 102. The number of allylic oxidation sites excluding steroid dienone is 2. The summed E-state index contributed by atoms with van der Waals surface area (Å²) in [7, 11) is 0. The lowest BCUT2D eigenvalue weighted by atomic mass is 9.80. The van der Waals surface area contributed by atoms with Gasteiger partial charge in [0.2, 0.25) is 0 Å². The zero-order valence-electron chi connectivity index (χ0n) is 67.8. The van der Waals surface area contributed by atoms with Crippen molar-refractivity contribution in [3.05, 3.63) is 34.5 Å². The van der Waals surface area contributed by atoms with Crippen molar-refractivity contribution in [2.24, 2.45) is 111 Å². The molecule has 0 aromatic carbocycles. The minimum atomic E-state index is -4.20. The number of fused-ring (bicyclic) bond motifs is 2. The van der Waals surface area contributed by atoms with Gasteiger partial charge in [0.15, 0.2) is 0 Å². The van der Waals surface area contributed by atoms with Gasteiger partial charge in [-0.1, -0.05) is 268 Å². The molecule has 0 aliphatic heterocycles. The highest BCUT2D eigenvalue weighted by atomic mass is 32.1. The molecule has 2 bridgehead atoms. The van der Waals surface area contributed by atoms with E-state index in [1.165, 1.54) is 108 Å². The number of carbonyl (C=O) groups excluding carboxylic acids is 9. The van der Waals surface area contributed by atoms with Gasteiger partial charge in [0, 0.05) is 116 Å². The number of ketones is 9. The monoisotopic (exact) mass is 1420 g/mol. The van der Waals surface area contributed by atoms with Crippen LogP contribution in [0.4, 0.5) is 13.2 Å². The van der Waals surface area contributed by atoms with Crippen LogP contribution in [0.2, 0.25) is 0 Å². The second-order valence-corrected chi connectivity index (χ2v) is 36.1. The third-order valence-corrected chi connectivity index (χ3v) is 20.7. The number of Topliss-reactive ketones (excluding diaryl/α,β-unsaturated/α-hetero) is 9. The third kappa shape index (κ3) is 50.3. The van der Waals surface area contributed by atoms with Gasteiger partial charge in [-0.3, -0.25) is 43.2 Å². The van der Waals surface area contributed by atoms with E-state index < -0.39 is 12.6 Å². The molecule has 5 saturated carbocycles. The molecule has 0 radical (unpaired) electrons. The molecule has 99 heavy (non-hydrogen) atoms. The molecule has 0 amide bonds. The highest BCUT2D eigenvalue weighted by Crippen LogP contribution is 2.48. The van der Waals surface area contributed by atoms with Crippen LogP contribution >= 0.6 is 11.3 Å². The highest BCUT2D eigenvalue weighted by Gasteiger charge is 2.39. The Morgan fingerprint density at radius 3 is 1.07 bits per heavy atom. The molecule has 574 valence electrons. The maximum atomic E-state index is 11.6. The van der Waals surface area contributed by atoms with Gasteiger partial charge in [0.1, 0.15) is 52.0 Å². The molecule has 0 spiro atoms. The first-order chi connectivity index (χ1) is 45.6. The lowest BCUT2D eigenvalue weighted by Gasteiger charge is -2.24. The Balaban J connectivity index is 0. The average molecular weight is 1420 g/mol. The number of hydrogen-bond donors (Lipinski definition) is 0. The van der Waals surface area contributed by atoms with Crippen LogP contribution in [0.25, 0.3) is 0 Å². The van der Waals surface area contributed by atoms with Crippen LogP contribution in [0, 0.1) is 111 Å². The fraction of sp³-hybridized carbons (Fsp3) is 0.826. The van der Waals surface area contributed by atoms with E-state index in [0.29, 0.717) is 76.9 Å². The summed E-state index contributed by atoms with van der Waals surface area (Å²) >= 11 is 1.65. The largest absolute Gasteiger partial charge is 0.389 e. The van der Waals surface area contributed by atoms with Crippen molar-refractivity contribution in [3.63, 3.8) is 0 Å². The van der Waals surface area contributed by atoms with Gasteiger partial charge in [0.05, 0.1) is 6.42 Å². The molecule has 9 nitrogen and oxygen atoms in total. The number of alkyl halides is 3. The number of thiophene rings is 1. The van der Waals surface area contributed by atoms with Crippen LogP contribution in [-0.4, -0.2) is 58.2 Å². The predicted octanol–water partition coefficient (Wildman–Crippen LogP) is 24.2. The van der Waals surface area contributed by atoms with E-state index in [4.69, 9.17) is 0 Å². The molecule has 7 rings (SSSR count). The molecule has 1 heterocycles. The van der Waals surface area contributed by atoms with Crippen LogP contribution in [-0.2, 0) is 49.6 Å². The van der Waals surface area contributed by atoms with E-state index in [1.807, 2.05) is 128 Å². The van der Waals surface area contributed by atoms with Crippen LogP contribution < -0.4 is 0 Å². The quantitative estimate of drug-likeness (QED) is 0.0783. The standard InChI is InChI=1S/C12H18O.2C11H20O.C10H18O.C9H12OS.C9H16O.C9H18O.C8H16O.C7H11F3O/c1-8(2)12(13)7-11-6-9-3-4-10(11)5-9;1-8(2)10(12)7-11(3,4)9-5-6-9;1-9(2)11(12)8-10-6-4-3-5-7-10;1-8(2)10(11)7-9-5-3-4-6-9;1-7(2)9(10)6-8-4-3-5-11-8;1-7(2)9(10)6-8-4-3-5-8;1-7(2)8(10)6-9(3,4)5;1-6(2)5-8(9)7(3)4;1-5(2)6(11)3-4-7(8,9)10/h3-4,8-11H,5-7H2,1-2H3;8-9H,5-7H2,1-4H3;9-10H,3-8H2,1-2H3;8-9H,3-7H2,1-2H3;3-5,7H,6H2,1-2H3;7-8H,3-6H2,1-2H3;7H,6H2,1-5H3;6-7H,5H2,1-4H3;5H,3-4H2,1-2H3. The summed E-state index contributed by atoms with van der Waals surface area (Å²) in [6.45, 7) is 49.7. The van der Waals surface area contributed by atoms with E-state index >= 15 is 0 Å². The maximum Gasteiger partial charge on any atom is 0.389 e. The summed E-state index contributed by atoms with van der Waals surface area (Å²) in [5, 5.41) is 2.00. The SMILES string of the molecule is CC(C)C(=O)CC(C)(C)C.CC(C)C(=O)CC(C)(C)C1CC1.CC(C)C(=O)CC1CC2C=CC1C2.CC(C)C(=O)CC1CCC1.CC(C)C(=O)CC1CCCC1.CC(C)C(=O)CC1CCCCC1.CC(C)C(=O)CCC(F)(F)F.CC(C)C(=O)Cc1cccs1.CC(C)CC(=O)C(C)C. The molecule has 6 aliphatic rings. The summed E-state index contributed by atoms with van der Waals surface area (Å²) in [5.41, 5.74) is 0.419. The molecule has 0 saturated heterocycles. The van der Waals surface area contributed by atoms with Crippen molar-refractivity contribution >= 4 is 63.4 Å². The number of hydrogen-bond acceptors (Lipinski definition) is 10. The number of halogens is 3. The zero-order valence-corrected chi connectivity index (χ0v) is 68.6. The molecule has 3 atom stereocenters. The van der Waals surface area contributed by atoms with Gasteiger partial charge in [-0.05, 0) is 95.3 Å². The van der Waals surface area contributed by atoms with Crippen molar-refractivity contribution in [1.82, 2.24) is 0 Å². The van der Waals surface area contributed by atoms with Gasteiger partial charge in [-0.2, -0.15) is 13.2 Å². The Labute approximate surface area is 608 Å².